The molecule has 0 N–H and O–H groups in total. The second-order valence-corrected chi connectivity index (χ2v) is 13.5. The Morgan fingerprint density at radius 2 is 1.43 bits per heavy atom. The van der Waals surface area contributed by atoms with Crippen molar-refractivity contribution in [1.29, 1.82) is 0 Å². The van der Waals surface area contributed by atoms with Crippen molar-refractivity contribution in [1.82, 2.24) is 0 Å². The highest BCUT2D eigenvalue weighted by molar-refractivity contribution is 6.76. The quantitative estimate of drug-likeness (QED) is 0.286. The van der Waals surface area contributed by atoms with Gasteiger partial charge in [0.1, 0.15) is 0 Å². The third kappa shape index (κ3) is 6.22. The van der Waals surface area contributed by atoms with E-state index in [1.54, 1.807) is 0 Å². The van der Waals surface area contributed by atoms with E-state index < -0.39 is 13.7 Å². The minimum Gasteiger partial charge on any atom is -0.465 e. The van der Waals surface area contributed by atoms with Gasteiger partial charge in [0.2, 0.25) is 0 Å². The summed E-state index contributed by atoms with van der Waals surface area (Å²) >= 11 is 0. The molecule has 23 heavy (non-hydrogen) atoms. The van der Waals surface area contributed by atoms with Gasteiger partial charge in [0.05, 0.1) is 12.0 Å². The summed E-state index contributed by atoms with van der Waals surface area (Å²) in [7, 11) is -1.84. The Morgan fingerprint density at radius 3 is 1.78 bits per heavy atom. The molecule has 0 radical (unpaired) electrons. The molecule has 0 aliphatic carbocycles. The predicted octanol–water partition coefficient (Wildman–Crippen LogP) is 5.79. The summed E-state index contributed by atoms with van der Waals surface area (Å²) in [5, 5.41) is 0. The van der Waals surface area contributed by atoms with E-state index in [9.17, 15) is 4.79 Å². The molecule has 0 aliphatic rings. The maximum absolute atomic E-state index is 12.2. The summed E-state index contributed by atoms with van der Waals surface area (Å²) in [6.07, 6.45) is 1.16. The molecular weight excluding hydrogens is 304 g/mol. The van der Waals surface area contributed by atoms with Gasteiger partial charge >= 0.3 is 5.97 Å². The molecule has 4 heteroatoms. The average molecular weight is 345 g/mol. The molecule has 0 heterocycles. The number of rotatable bonds is 10. The minimum absolute atomic E-state index is 0.0846. The lowest BCUT2D eigenvalue weighted by atomic mass is 9.81. The fourth-order valence-electron chi connectivity index (χ4n) is 2.95. The molecule has 3 nitrogen and oxygen atoms in total. The number of carbonyl (C=O) groups excluding carboxylic acids is 1. The average Bonchev–Trinajstić information content (AvgIpc) is 2.40. The van der Waals surface area contributed by atoms with Crippen LogP contribution in [0.3, 0.4) is 0 Å². The van der Waals surface area contributed by atoms with E-state index in [-0.39, 0.29) is 18.0 Å². The summed E-state index contributed by atoms with van der Waals surface area (Å²) in [5.41, 5.74) is 0.708. The highest BCUT2D eigenvalue weighted by Crippen LogP contribution is 2.39. The Balaban J connectivity index is 4.69. The van der Waals surface area contributed by atoms with Gasteiger partial charge in [-0.1, -0.05) is 41.5 Å². The lowest BCUT2D eigenvalue weighted by Gasteiger charge is -2.40. The highest BCUT2D eigenvalue weighted by Gasteiger charge is 2.42. The predicted molar refractivity (Wildman–Crippen MR) is 101 cm³/mol. The van der Waals surface area contributed by atoms with Crippen LogP contribution in [0.25, 0.3) is 0 Å². The van der Waals surface area contributed by atoms with E-state index in [0.29, 0.717) is 17.7 Å². The lowest BCUT2D eigenvalue weighted by Crippen LogP contribution is -2.46. The number of carbonyl (C=O) groups is 1. The van der Waals surface area contributed by atoms with E-state index in [2.05, 4.69) is 55.4 Å². The molecule has 0 aliphatic heterocycles. The van der Waals surface area contributed by atoms with Crippen molar-refractivity contribution in [3.05, 3.63) is 0 Å². The molecule has 0 aromatic carbocycles. The normalized spacial score (nSPS) is 13.5. The molecule has 0 saturated heterocycles. The Morgan fingerprint density at radius 1 is 0.957 bits per heavy atom. The lowest BCUT2D eigenvalue weighted by molar-refractivity contribution is -0.156. The van der Waals surface area contributed by atoms with E-state index in [4.69, 9.17) is 9.16 Å². The monoisotopic (exact) mass is 344 g/mol. The van der Waals surface area contributed by atoms with Gasteiger partial charge in [-0.2, -0.15) is 0 Å². The molecule has 0 amide bonds. The van der Waals surface area contributed by atoms with Crippen LogP contribution in [0.5, 0.6) is 0 Å². The van der Waals surface area contributed by atoms with Crippen LogP contribution < -0.4 is 0 Å². The molecule has 138 valence electrons. The Bertz CT molecular complexity index is 352. The molecule has 0 saturated carbocycles. The van der Waals surface area contributed by atoms with Crippen LogP contribution in [0.4, 0.5) is 0 Å². The summed E-state index contributed by atoms with van der Waals surface area (Å²) in [5.74, 6) is 0.192. The zero-order valence-electron chi connectivity index (χ0n) is 17.2. The van der Waals surface area contributed by atoms with E-state index in [1.807, 2.05) is 13.8 Å². The van der Waals surface area contributed by atoms with Crippen molar-refractivity contribution < 1.29 is 14.0 Å². The molecule has 0 atom stereocenters. The van der Waals surface area contributed by atoms with Gasteiger partial charge in [0.15, 0.2) is 8.32 Å². The van der Waals surface area contributed by atoms with Crippen molar-refractivity contribution in [2.24, 2.45) is 11.3 Å². The maximum atomic E-state index is 12.2. The van der Waals surface area contributed by atoms with Crippen molar-refractivity contribution in [2.45, 2.75) is 98.9 Å². The van der Waals surface area contributed by atoms with Crippen molar-refractivity contribution in [3.63, 3.8) is 0 Å². The molecule has 0 fully saturated rings. The zero-order chi connectivity index (χ0) is 18.4. The smallest absolute Gasteiger partial charge is 0.311 e. The van der Waals surface area contributed by atoms with Crippen molar-refractivity contribution in [3.8, 4) is 0 Å². The third-order valence-electron chi connectivity index (χ3n) is 5.32. The molecule has 0 aromatic rings. The van der Waals surface area contributed by atoms with Gasteiger partial charge in [-0.25, -0.2) is 0 Å². The molecular formula is C19H40O3Si. The van der Waals surface area contributed by atoms with Gasteiger partial charge in [0.25, 0.3) is 0 Å². The topological polar surface area (TPSA) is 35.5 Å². The summed E-state index contributed by atoms with van der Waals surface area (Å²) < 4.78 is 12.0. The van der Waals surface area contributed by atoms with Gasteiger partial charge in [-0.15, -0.1) is 0 Å². The first-order valence-electron chi connectivity index (χ1n) is 9.23. The fraction of sp³-hybridized carbons (Fsp3) is 0.947. The largest absolute Gasteiger partial charge is 0.465 e. The summed E-state index contributed by atoms with van der Waals surface area (Å²) in [4.78, 5) is 12.2. The SMILES string of the molecule is CC(C)O[Si](CCCOC(=O)C(C)(C)C(C)C)(C(C)C)C(C)C. The summed E-state index contributed by atoms with van der Waals surface area (Å²) in [6, 6.07) is 1.05. The first-order valence-corrected chi connectivity index (χ1v) is 11.5. The fourth-order valence-corrected chi connectivity index (χ4v) is 7.67. The van der Waals surface area contributed by atoms with E-state index >= 15 is 0 Å². The zero-order valence-corrected chi connectivity index (χ0v) is 18.2. The van der Waals surface area contributed by atoms with Gasteiger partial charge in [-0.3, -0.25) is 4.79 Å². The second kappa shape index (κ2) is 9.21. The summed E-state index contributed by atoms with van der Waals surface area (Å²) in [6.45, 7) is 21.9. The molecule has 0 aromatic heterocycles. The number of hydrogen-bond donors (Lipinski definition) is 0. The van der Waals surface area contributed by atoms with Crippen LogP contribution in [0, 0.1) is 11.3 Å². The minimum atomic E-state index is -1.84. The van der Waals surface area contributed by atoms with Crippen molar-refractivity contribution in [2.75, 3.05) is 6.61 Å². The second-order valence-electron chi connectivity index (χ2n) is 8.55. The highest BCUT2D eigenvalue weighted by atomic mass is 28.4. The number of esters is 1. The van der Waals surface area contributed by atoms with Gasteiger partial charge < -0.3 is 9.16 Å². The molecule has 0 unspecified atom stereocenters. The Kier molecular flexibility index (Phi) is 9.07. The van der Waals surface area contributed by atoms with Gasteiger partial charge in [-0.05, 0) is 57.2 Å². The van der Waals surface area contributed by atoms with Crippen LogP contribution in [-0.4, -0.2) is 27.0 Å². The molecule has 0 rings (SSSR count). The first-order chi connectivity index (χ1) is 10.4. The van der Waals surface area contributed by atoms with E-state index in [1.165, 1.54) is 0 Å². The van der Waals surface area contributed by atoms with Gasteiger partial charge in [0, 0.05) is 6.10 Å². The van der Waals surface area contributed by atoms with E-state index in [0.717, 1.165) is 12.5 Å². The molecule has 0 spiro atoms. The number of ether oxygens (including phenoxy) is 1. The van der Waals surface area contributed by atoms with Crippen LogP contribution in [0.15, 0.2) is 0 Å². The number of hydrogen-bond acceptors (Lipinski definition) is 3. The Labute approximate surface area is 145 Å². The van der Waals surface area contributed by atoms with Crippen LogP contribution in [-0.2, 0) is 14.0 Å². The molecule has 0 bridgehead atoms. The van der Waals surface area contributed by atoms with Crippen LogP contribution >= 0.6 is 0 Å². The standard InChI is InChI=1S/C19H40O3Si/c1-14(2)19(9,10)18(20)21-12-11-13-23(16(5)6,17(7)8)22-15(3)4/h14-17H,11-13H2,1-10H3. The maximum Gasteiger partial charge on any atom is 0.311 e. The first kappa shape index (κ1) is 22.6. The third-order valence-corrected chi connectivity index (χ3v) is 11.3. The van der Waals surface area contributed by atoms with Crippen molar-refractivity contribution >= 4 is 14.3 Å². The van der Waals surface area contributed by atoms with Crippen LogP contribution in [0.2, 0.25) is 17.1 Å². The van der Waals surface area contributed by atoms with Crippen LogP contribution in [0.1, 0.15) is 75.7 Å². The Hall–Kier alpha value is -0.353.